The minimum atomic E-state index is -0.497. The van der Waals surface area contributed by atoms with Crippen molar-refractivity contribution in [2.45, 2.75) is 19.1 Å². The Labute approximate surface area is 150 Å². The van der Waals surface area contributed by atoms with E-state index < -0.39 is 4.92 Å². The molecule has 0 spiro atoms. The van der Waals surface area contributed by atoms with Gasteiger partial charge in [-0.15, -0.1) is 0 Å². The minimum Gasteiger partial charge on any atom is -0.486 e. The number of fused-ring (bicyclic) bond motifs is 1. The number of hydrogen-bond acceptors (Lipinski definition) is 5. The fraction of sp³-hybridized carbons (Fsp3) is 0.278. The molecule has 0 bridgehead atoms. The average molecular weight is 358 g/mol. The van der Waals surface area contributed by atoms with Crippen LogP contribution >= 0.6 is 0 Å². The third-order valence-electron chi connectivity index (χ3n) is 4.06. The first kappa shape index (κ1) is 17.7. The number of nitrogens with one attached hydrogen (secondary N) is 1. The van der Waals surface area contributed by atoms with Crippen molar-refractivity contribution in [2.24, 2.45) is 0 Å². The first-order valence-corrected chi connectivity index (χ1v) is 8.30. The van der Waals surface area contributed by atoms with Gasteiger partial charge in [0, 0.05) is 17.8 Å². The molecule has 8 heteroatoms. The molecule has 0 aromatic heterocycles. The highest BCUT2D eigenvalue weighted by molar-refractivity contribution is 5.93. The molecule has 0 unspecified atom stereocenters. The van der Waals surface area contributed by atoms with Crippen LogP contribution in [0.2, 0.25) is 0 Å². The van der Waals surface area contributed by atoms with Gasteiger partial charge in [0.15, 0.2) is 23.6 Å². The molecule has 1 aliphatic heterocycles. The maximum atomic E-state index is 12.3. The van der Waals surface area contributed by atoms with Gasteiger partial charge in [0.1, 0.15) is 13.2 Å². The van der Waals surface area contributed by atoms with Gasteiger partial charge in [-0.05, 0) is 25.1 Å². The van der Waals surface area contributed by atoms with Crippen molar-refractivity contribution in [1.29, 1.82) is 0 Å². The number of rotatable bonds is 6. The van der Waals surface area contributed by atoms with E-state index in [4.69, 9.17) is 9.47 Å². The van der Waals surface area contributed by atoms with E-state index in [2.05, 4.69) is 5.32 Å². The SMILES string of the molecule is C[C@@H]([NH2+]C[C@@H]1COc2ccccc2O1)C(=O)Nc1cccc([N+](=O)[O-])c1. The molecule has 2 atom stereocenters. The maximum Gasteiger partial charge on any atom is 0.282 e. The minimum absolute atomic E-state index is 0.0640. The van der Waals surface area contributed by atoms with Crippen LogP contribution in [0, 0.1) is 10.1 Å². The lowest BCUT2D eigenvalue weighted by Gasteiger charge is -2.26. The number of nitrogens with two attached hydrogens (primary N) is 1. The number of non-ortho nitro benzene ring substituents is 1. The molecule has 0 radical (unpaired) electrons. The summed E-state index contributed by atoms with van der Waals surface area (Å²) >= 11 is 0. The van der Waals surface area contributed by atoms with Crippen LogP contribution in [0.25, 0.3) is 0 Å². The van der Waals surface area contributed by atoms with Gasteiger partial charge < -0.3 is 20.1 Å². The second kappa shape index (κ2) is 7.83. The van der Waals surface area contributed by atoms with Gasteiger partial charge in [-0.1, -0.05) is 18.2 Å². The zero-order valence-electron chi connectivity index (χ0n) is 14.3. The Bertz CT molecular complexity index is 811. The van der Waals surface area contributed by atoms with Crippen LogP contribution < -0.4 is 20.1 Å². The van der Waals surface area contributed by atoms with Crippen molar-refractivity contribution in [3.05, 3.63) is 58.6 Å². The van der Waals surface area contributed by atoms with E-state index in [1.54, 1.807) is 13.0 Å². The molecule has 136 valence electrons. The van der Waals surface area contributed by atoms with E-state index in [1.165, 1.54) is 18.2 Å². The summed E-state index contributed by atoms with van der Waals surface area (Å²) in [6.07, 6.45) is -0.155. The third kappa shape index (κ3) is 4.28. The van der Waals surface area contributed by atoms with Gasteiger partial charge in [0.2, 0.25) is 0 Å². The second-order valence-corrected chi connectivity index (χ2v) is 6.05. The molecule has 0 saturated carbocycles. The normalized spacial score (nSPS) is 16.6. The summed E-state index contributed by atoms with van der Waals surface area (Å²) in [6.45, 7) is 2.74. The largest absolute Gasteiger partial charge is 0.486 e. The first-order valence-electron chi connectivity index (χ1n) is 8.30. The molecule has 2 aromatic carbocycles. The van der Waals surface area contributed by atoms with Gasteiger partial charge in [-0.2, -0.15) is 0 Å². The van der Waals surface area contributed by atoms with Crippen LogP contribution in [0.15, 0.2) is 48.5 Å². The van der Waals surface area contributed by atoms with Gasteiger partial charge >= 0.3 is 0 Å². The van der Waals surface area contributed by atoms with Crippen molar-refractivity contribution < 1.29 is 24.5 Å². The molecular weight excluding hydrogens is 338 g/mol. The molecule has 1 amide bonds. The Morgan fingerprint density at radius 3 is 2.85 bits per heavy atom. The Morgan fingerprint density at radius 2 is 2.08 bits per heavy atom. The third-order valence-corrected chi connectivity index (χ3v) is 4.06. The number of carbonyl (C=O) groups is 1. The van der Waals surface area contributed by atoms with E-state index in [9.17, 15) is 14.9 Å². The summed E-state index contributed by atoms with van der Waals surface area (Å²) in [6, 6.07) is 12.9. The lowest BCUT2D eigenvalue weighted by Crippen LogP contribution is -2.93. The van der Waals surface area contributed by atoms with E-state index in [-0.39, 0.29) is 23.7 Å². The van der Waals surface area contributed by atoms with Gasteiger partial charge in [-0.25, -0.2) is 0 Å². The quantitative estimate of drug-likeness (QED) is 0.598. The Kier molecular flexibility index (Phi) is 5.33. The van der Waals surface area contributed by atoms with Crippen molar-refractivity contribution >= 4 is 17.3 Å². The summed E-state index contributed by atoms with van der Waals surface area (Å²) in [5, 5.41) is 15.3. The van der Waals surface area contributed by atoms with Gasteiger partial charge in [-0.3, -0.25) is 14.9 Å². The zero-order chi connectivity index (χ0) is 18.5. The van der Waals surface area contributed by atoms with Crippen molar-refractivity contribution in [2.75, 3.05) is 18.5 Å². The van der Waals surface area contributed by atoms with Crippen LogP contribution in [0.3, 0.4) is 0 Å². The van der Waals surface area contributed by atoms with E-state index in [1.807, 2.05) is 29.6 Å². The second-order valence-electron chi connectivity index (χ2n) is 6.05. The molecule has 0 fully saturated rings. The highest BCUT2D eigenvalue weighted by atomic mass is 16.6. The molecule has 3 N–H and O–H groups in total. The van der Waals surface area contributed by atoms with Crippen molar-refractivity contribution in [3.8, 4) is 11.5 Å². The fourth-order valence-electron chi connectivity index (χ4n) is 2.60. The van der Waals surface area contributed by atoms with E-state index in [0.29, 0.717) is 24.6 Å². The monoisotopic (exact) mass is 358 g/mol. The number of anilines is 1. The van der Waals surface area contributed by atoms with Gasteiger partial charge in [0.25, 0.3) is 11.6 Å². The number of hydrogen-bond donors (Lipinski definition) is 2. The molecule has 2 aromatic rings. The van der Waals surface area contributed by atoms with Crippen LogP contribution in [0.1, 0.15) is 6.92 Å². The number of quaternary nitrogens is 1. The summed E-state index contributed by atoms with van der Waals surface area (Å²) in [5.41, 5.74) is 0.335. The van der Waals surface area contributed by atoms with Crippen LogP contribution in [-0.4, -0.2) is 36.1 Å². The lowest BCUT2D eigenvalue weighted by molar-refractivity contribution is -0.678. The number of carbonyl (C=O) groups excluding carboxylic acids is 1. The van der Waals surface area contributed by atoms with Crippen molar-refractivity contribution in [3.63, 3.8) is 0 Å². The standard InChI is InChI=1S/C18H19N3O5/c1-12(18(22)20-13-5-4-6-14(9-13)21(23)24)19-10-15-11-25-16-7-2-3-8-17(16)26-15/h2-9,12,15,19H,10-11H2,1H3,(H,20,22)/p+1/t12-,15-/m1/s1. The summed E-state index contributed by atoms with van der Waals surface area (Å²) in [4.78, 5) is 22.6. The highest BCUT2D eigenvalue weighted by Gasteiger charge is 2.25. The maximum absolute atomic E-state index is 12.3. The Morgan fingerprint density at radius 1 is 1.31 bits per heavy atom. The topological polar surface area (TPSA) is 107 Å². The number of amides is 1. The summed E-state index contributed by atoms with van der Waals surface area (Å²) in [5.74, 6) is 1.19. The first-order chi connectivity index (χ1) is 12.5. The van der Waals surface area contributed by atoms with E-state index in [0.717, 1.165) is 5.75 Å². The number of nitro groups is 1. The Hall–Kier alpha value is -3.13. The molecule has 0 aliphatic carbocycles. The smallest absolute Gasteiger partial charge is 0.282 e. The molecule has 1 aliphatic rings. The predicted molar refractivity (Wildman–Crippen MR) is 94.3 cm³/mol. The van der Waals surface area contributed by atoms with Crippen LogP contribution in [0.5, 0.6) is 11.5 Å². The molecule has 3 rings (SSSR count). The Balaban J connectivity index is 1.50. The van der Waals surface area contributed by atoms with Crippen molar-refractivity contribution in [1.82, 2.24) is 0 Å². The summed E-state index contributed by atoms with van der Waals surface area (Å²) < 4.78 is 11.5. The number of para-hydroxylation sites is 2. The lowest BCUT2D eigenvalue weighted by atomic mass is 10.2. The molecule has 8 nitrogen and oxygen atoms in total. The van der Waals surface area contributed by atoms with Crippen LogP contribution in [0.4, 0.5) is 11.4 Å². The van der Waals surface area contributed by atoms with Crippen LogP contribution in [-0.2, 0) is 4.79 Å². The molecular formula is C18H20N3O5+. The number of nitro benzene ring substituents is 1. The molecule has 0 saturated heterocycles. The molecule has 1 heterocycles. The van der Waals surface area contributed by atoms with E-state index >= 15 is 0 Å². The average Bonchev–Trinajstić information content (AvgIpc) is 2.66. The highest BCUT2D eigenvalue weighted by Crippen LogP contribution is 2.30. The number of benzene rings is 2. The van der Waals surface area contributed by atoms with Gasteiger partial charge in [0.05, 0.1) is 4.92 Å². The summed E-state index contributed by atoms with van der Waals surface area (Å²) in [7, 11) is 0. The predicted octanol–water partition coefficient (Wildman–Crippen LogP) is 1.33. The molecule has 26 heavy (non-hydrogen) atoms. The fourth-order valence-corrected chi connectivity index (χ4v) is 2.60. The zero-order valence-corrected chi connectivity index (χ0v) is 14.3. The number of ether oxygens (including phenoxy) is 2. The number of nitrogens with zero attached hydrogens (tertiary/aromatic N) is 1.